The molecule has 0 spiro atoms. The number of hydrogen-bond donors (Lipinski definition) is 6. The molecule has 1 amide bonds. The number of allylic oxidation sites excluding steroid dienone is 5. The highest BCUT2D eigenvalue weighted by Crippen LogP contribution is 2.49. The number of carbonyl (C=O) groups excluding carboxylic acids is 2. The molecule has 6 N–H and O–H groups in total. The molecule has 1 saturated carbocycles. The summed E-state index contributed by atoms with van der Waals surface area (Å²) in [6, 6.07) is 10.1. The van der Waals surface area contributed by atoms with Gasteiger partial charge in [0.2, 0.25) is 5.91 Å². The largest absolute Gasteiger partial charge is 0.480 e. The van der Waals surface area contributed by atoms with Gasteiger partial charge in [0.1, 0.15) is 6.04 Å². The first-order chi connectivity index (χ1) is 23.6. The average Bonchev–Trinajstić information content (AvgIpc) is 3.85. The molecule has 0 radical (unpaired) electrons. The minimum atomic E-state index is -1.15. The Bertz CT molecular complexity index is 1730. The van der Waals surface area contributed by atoms with E-state index in [1.54, 1.807) is 30.6 Å². The Balaban J connectivity index is 1.17. The number of amides is 1. The maximum absolute atomic E-state index is 13.7. The summed E-state index contributed by atoms with van der Waals surface area (Å²) in [6.07, 6.45) is 16.3. The van der Waals surface area contributed by atoms with E-state index < -0.39 is 30.1 Å². The van der Waals surface area contributed by atoms with Gasteiger partial charge < -0.3 is 30.6 Å². The van der Waals surface area contributed by atoms with E-state index in [1.165, 1.54) is 0 Å². The quantitative estimate of drug-likeness (QED) is 0.0635. The van der Waals surface area contributed by atoms with Crippen LogP contribution >= 0.6 is 0 Å². The summed E-state index contributed by atoms with van der Waals surface area (Å²) in [6.45, 7) is 6.11. The van der Waals surface area contributed by atoms with Crippen LogP contribution in [0, 0.1) is 29.6 Å². The van der Waals surface area contributed by atoms with Crippen LogP contribution in [0.3, 0.4) is 0 Å². The number of ketones is 1. The van der Waals surface area contributed by atoms with Crippen LogP contribution in [0.25, 0.3) is 10.9 Å². The number of fused-ring (bicyclic) bond motifs is 2. The molecule has 3 aromatic rings. The van der Waals surface area contributed by atoms with Crippen molar-refractivity contribution in [1.29, 1.82) is 0 Å². The fraction of sp³-hybridized carbons (Fsp3) is 0.425. The second-order valence-electron chi connectivity index (χ2n) is 13.7. The van der Waals surface area contributed by atoms with Gasteiger partial charge in [0.25, 0.3) is 0 Å². The topological polar surface area (TPSA) is 156 Å². The van der Waals surface area contributed by atoms with Crippen molar-refractivity contribution in [3.8, 4) is 0 Å². The Morgan fingerprint density at radius 1 is 1.06 bits per heavy atom. The van der Waals surface area contributed by atoms with Crippen molar-refractivity contribution in [1.82, 2.24) is 15.3 Å². The van der Waals surface area contributed by atoms with Gasteiger partial charge in [0, 0.05) is 41.6 Å². The van der Waals surface area contributed by atoms with E-state index in [2.05, 4.69) is 40.4 Å². The highest BCUT2D eigenvalue weighted by molar-refractivity contribution is 5.97. The normalized spacial score (nSPS) is 24.6. The predicted octanol–water partition coefficient (Wildman–Crippen LogP) is 6.30. The van der Waals surface area contributed by atoms with E-state index >= 15 is 0 Å². The van der Waals surface area contributed by atoms with Crippen LogP contribution in [0.4, 0.5) is 0 Å². The first-order valence-electron chi connectivity index (χ1n) is 17.4. The lowest BCUT2D eigenvalue weighted by molar-refractivity contribution is -0.142. The molecule has 260 valence electrons. The number of H-pyrrole nitrogens is 2. The summed E-state index contributed by atoms with van der Waals surface area (Å²) < 4.78 is 0. The number of hydrogen-bond acceptors (Lipinski definition) is 5. The first-order valence-corrected chi connectivity index (χ1v) is 17.4. The number of Topliss-reactive ketones (excluding diaryl/α,β-unsaturated/α-hetero) is 1. The van der Waals surface area contributed by atoms with Crippen molar-refractivity contribution in [2.75, 3.05) is 0 Å². The van der Waals surface area contributed by atoms with Crippen LogP contribution < -0.4 is 5.32 Å². The zero-order valence-corrected chi connectivity index (χ0v) is 28.5. The van der Waals surface area contributed by atoms with E-state index in [0.717, 1.165) is 40.5 Å². The van der Waals surface area contributed by atoms with Crippen LogP contribution in [0.1, 0.15) is 68.9 Å². The second-order valence-corrected chi connectivity index (χ2v) is 13.7. The smallest absolute Gasteiger partial charge is 0.326 e. The molecule has 8 atom stereocenters. The molecule has 5 rings (SSSR count). The lowest BCUT2D eigenvalue weighted by Crippen LogP contribution is -2.43. The number of rotatable bonds is 15. The standard InChI is InChI=1S/C40H49N3O6/c1-4-26(20-27-16-18-30-24(2)15-17-32(30)37(27)39(47)34-14-9-19-41-34)38(46)25(3)10-5-6-11-29(44)22-36(45)43-35(40(48)49)21-28-23-42-33-13-8-7-12-31(28)33/h5-10,12-14,16,18-20,23-24,27,29-30,32,35,37-38,41-42,44,46H,4,11,15,17,21-22H2,1-3H3,(H,43,45)(H,48,49). The molecule has 1 aromatic carbocycles. The zero-order valence-electron chi connectivity index (χ0n) is 28.5. The number of aliphatic hydroxyl groups is 2. The van der Waals surface area contributed by atoms with Gasteiger partial charge in [-0.25, -0.2) is 4.79 Å². The van der Waals surface area contributed by atoms with Gasteiger partial charge in [-0.3, -0.25) is 9.59 Å². The van der Waals surface area contributed by atoms with Crippen molar-refractivity contribution in [2.24, 2.45) is 29.6 Å². The predicted molar refractivity (Wildman–Crippen MR) is 191 cm³/mol. The van der Waals surface area contributed by atoms with Crippen LogP contribution in [0.5, 0.6) is 0 Å². The molecule has 0 aliphatic heterocycles. The summed E-state index contributed by atoms with van der Waals surface area (Å²) >= 11 is 0. The summed E-state index contributed by atoms with van der Waals surface area (Å²) in [5, 5.41) is 35.0. The fourth-order valence-corrected chi connectivity index (χ4v) is 7.63. The molecule has 1 fully saturated rings. The van der Waals surface area contributed by atoms with E-state index in [4.69, 9.17) is 0 Å². The molecule has 49 heavy (non-hydrogen) atoms. The van der Waals surface area contributed by atoms with Crippen LogP contribution in [0.15, 0.2) is 96.4 Å². The lowest BCUT2D eigenvalue weighted by atomic mass is 9.67. The van der Waals surface area contributed by atoms with Crippen molar-refractivity contribution >= 4 is 28.6 Å². The summed E-state index contributed by atoms with van der Waals surface area (Å²) in [5.74, 6) is -0.656. The van der Waals surface area contributed by atoms with E-state index in [-0.39, 0.29) is 42.8 Å². The van der Waals surface area contributed by atoms with Gasteiger partial charge in [0.05, 0.1) is 24.3 Å². The molecular weight excluding hydrogens is 618 g/mol. The average molecular weight is 668 g/mol. The van der Waals surface area contributed by atoms with E-state index in [0.29, 0.717) is 24.0 Å². The maximum atomic E-state index is 13.7. The number of carbonyl (C=O) groups is 3. The Hall–Kier alpha value is -4.47. The molecule has 0 saturated heterocycles. The Morgan fingerprint density at radius 2 is 1.86 bits per heavy atom. The van der Waals surface area contributed by atoms with Gasteiger partial charge >= 0.3 is 5.97 Å². The highest BCUT2D eigenvalue weighted by Gasteiger charge is 2.45. The van der Waals surface area contributed by atoms with Crippen LogP contribution in [-0.4, -0.2) is 61.2 Å². The summed E-state index contributed by atoms with van der Waals surface area (Å²) in [5.41, 5.74) is 3.87. The monoisotopic (exact) mass is 667 g/mol. The maximum Gasteiger partial charge on any atom is 0.326 e. The Morgan fingerprint density at radius 3 is 2.59 bits per heavy atom. The van der Waals surface area contributed by atoms with Gasteiger partial charge in [0.15, 0.2) is 5.78 Å². The number of benzene rings is 1. The van der Waals surface area contributed by atoms with Gasteiger partial charge in [-0.2, -0.15) is 0 Å². The van der Waals surface area contributed by atoms with Crippen molar-refractivity contribution in [3.63, 3.8) is 0 Å². The summed E-state index contributed by atoms with van der Waals surface area (Å²) in [4.78, 5) is 44.5. The number of nitrogens with one attached hydrogen (secondary N) is 3. The van der Waals surface area contributed by atoms with E-state index in [9.17, 15) is 29.7 Å². The molecule has 2 aliphatic rings. The third kappa shape index (κ3) is 8.58. The van der Waals surface area contributed by atoms with Crippen LogP contribution in [-0.2, 0) is 16.0 Å². The number of para-hydroxylation sites is 1. The van der Waals surface area contributed by atoms with Crippen molar-refractivity contribution in [3.05, 3.63) is 108 Å². The summed E-state index contributed by atoms with van der Waals surface area (Å²) in [7, 11) is 0. The fourth-order valence-electron chi connectivity index (χ4n) is 7.63. The lowest BCUT2D eigenvalue weighted by Gasteiger charge is -2.36. The first kappa shape index (κ1) is 35.8. The molecule has 9 heteroatoms. The number of carboxylic acids is 1. The number of aliphatic hydroxyl groups excluding tert-OH is 2. The van der Waals surface area contributed by atoms with Gasteiger partial charge in [-0.1, -0.05) is 68.5 Å². The van der Waals surface area contributed by atoms with Crippen molar-refractivity contribution in [2.45, 2.75) is 77.5 Å². The number of carboxylic acid groups (broad SMARTS) is 1. The number of aliphatic carboxylic acids is 1. The van der Waals surface area contributed by atoms with E-state index in [1.807, 2.05) is 50.2 Å². The SMILES string of the molecule is CCC(=CC1C=CC2C(C)CCC2C1C(=O)c1ccc[nH]1)C(O)C(C)=CC=CCC(O)CC(=O)NC(Cc1c[nH]c2ccccc12)C(=O)O. The van der Waals surface area contributed by atoms with Gasteiger partial charge in [-0.05, 0) is 85.3 Å². The minimum Gasteiger partial charge on any atom is -0.480 e. The number of aromatic amines is 2. The molecule has 2 aromatic heterocycles. The Labute approximate surface area is 287 Å². The highest BCUT2D eigenvalue weighted by atomic mass is 16.4. The molecular formula is C40H49N3O6. The van der Waals surface area contributed by atoms with Crippen molar-refractivity contribution < 1.29 is 29.7 Å². The molecule has 9 nitrogen and oxygen atoms in total. The number of aromatic nitrogens is 2. The third-order valence-electron chi connectivity index (χ3n) is 10.4. The minimum absolute atomic E-state index is 0.111. The second kappa shape index (κ2) is 16.3. The Kier molecular flexibility index (Phi) is 11.9. The molecule has 2 aliphatic carbocycles. The molecule has 2 heterocycles. The molecule has 8 unspecified atom stereocenters. The van der Waals surface area contributed by atoms with Crippen LogP contribution in [0.2, 0.25) is 0 Å². The zero-order chi connectivity index (χ0) is 35.1. The third-order valence-corrected chi connectivity index (χ3v) is 10.4. The van der Waals surface area contributed by atoms with Gasteiger partial charge in [-0.15, -0.1) is 0 Å². The molecule has 0 bridgehead atoms.